The highest BCUT2D eigenvalue weighted by Gasteiger charge is 1.88. The fraction of sp³-hybridized carbons (Fsp3) is 1.00. The van der Waals surface area contributed by atoms with Crippen LogP contribution in [0.25, 0.3) is 0 Å². The Balaban J connectivity index is 0. The molecule has 0 aliphatic heterocycles. The molecule has 8 heavy (non-hydrogen) atoms. The highest BCUT2D eigenvalue weighted by molar-refractivity contribution is 5.85. The van der Waals surface area contributed by atoms with E-state index in [4.69, 9.17) is 5.21 Å². The van der Waals surface area contributed by atoms with Gasteiger partial charge in [-0.25, -0.2) is 5.48 Å². The first-order valence-corrected chi connectivity index (χ1v) is 2.64. The van der Waals surface area contributed by atoms with Gasteiger partial charge < -0.3 is 5.21 Å². The van der Waals surface area contributed by atoms with Crippen molar-refractivity contribution >= 4 is 12.4 Å². The number of hydroxylamine groups is 1. The zero-order valence-electron chi connectivity index (χ0n) is 5.35. The molecule has 0 rings (SSSR count). The van der Waals surface area contributed by atoms with E-state index in [0.717, 1.165) is 6.42 Å². The lowest BCUT2D eigenvalue weighted by atomic mass is 10.1. The average Bonchev–Trinajstić information content (AvgIpc) is 1.61. The number of halogens is 1. The second kappa shape index (κ2) is 7.21. The molecule has 52 valence electrons. The van der Waals surface area contributed by atoms with Crippen LogP contribution < -0.4 is 5.48 Å². The van der Waals surface area contributed by atoms with Crippen LogP contribution in [-0.4, -0.2) is 11.8 Å². The summed E-state index contributed by atoms with van der Waals surface area (Å²) in [6.45, 7) is 4.95. The minimum Gasteiger partial charge on any atom is -0.317 e. The normalized spacial score (nSPS) is 9.00. The van der Waals surface area contributed by atoms with Gasteiger partial charge in [0.25, 0.3) is 0 Å². The third-order valence-corrected chi connectivity index (χ3v) is 0.833. The fourth-order valence-corrected chi connectivity index (χ4v) is 0.353. The zero-order chi connectivity index (χ0) is 5.70. The average molecular weight is 140 g/mol. The molecular weight excluding hydrogens is 126 g/mol. The van der Waals surface area contributed by atoms with Crippen molar-refractivity contribution in [1.29, 1.82) is 0 Å². The molecule has 0 saturated heterocycles. The predicted octanol–water partition coefficient (Wildman–Crippen LogP) is 1.43. The Bertz CT molecular complexity index is 41.4. The number of rotatable bonds is 3. The van der Waals surface area contributed by atoms with Crippen molar-refractivity contribution in [3.05, 3.63) is 0 Å². The van der Waals surface area contributed by atoms with E-state index >= 15 is 0 Å². The molecule has 0 heterocycles. The molecule has 2 nitrogen and oxygen atoms in total. The monoisotopic (exact) mass is 139 g/mol. The van der Waals surface area contributed by atoms with Crippen molar-refractivity contribution in [1.82, 2.24) is 5.48 Å². The summed E-state index contributed by atoms with van der Waals surface area (Å²) in [7, 11) is 0. The Hall–Kier alpha value is 0.210. The minimum absolute atomic E-state index is 0. The number of hydrogen-bond acceptors (Lipinski definition) is 2. The van der Waals surface area contributed by atoms with E-state index in [-0.39, 0.29) is 12.4 Å². The van der Waals surface area contributed by atoms with Crippen molar-refractivity contribution in [2.24, 2.45) is 5.92 Å². The van der Waals surface area contributed by atoms with Gasteiger partial charge in [0.05, 0.1) is 0 Å². The van der Waals surface area contributed by atoms with Crippen molar-refractivity contribution < 1.29 is 5.21 Å². The van der Waals surface area contributed by atoms with Gasteiger partial charge >= 0.3 is 0 Å². The van der Waals surface area contributed by atoms with Crippen molar-refractivity contribution in [2.75, 3.05) is 6.54 Å². The molecule has 0 saturated carbocycles. The molecule has 0 spiro atoms. The molecule has 0 bridgehead atoms. The van der Waals surface area contributed by atoms with Crippen LogP contribution in [0.3, 0.4) is 0 Å². The topological polar surface area (TPSA) is 32.3 Å². The fourth-order valence-electron chi connectivity index (χ4n) is 0.353. The maximum absolute atomic E-state index is 8.07. The van der Waals surface area contributed by atoms with E-state index in [1.54, 1.807) is 0 Å². The summed E-state index contributed by atoms with van der Waals surface area (Å²) in [6, 6.07) is 0. The lowest BCUT2D eigenvalue weighted by Crippen LogP contribution is -2.10. The molecular formula is C5H14ClNO. The van der Waals surface area contributed by atoms with Crippen LogP contribution in [-0.2, 0) is 0 Å². The van der Waals surface area contributed by atoms with Crippen LogP contribution in [0.5, 0.6) is 0 Å². The summed E-state index contributed by atoms with van der Waals surface area (Å²) in [5.41, 5.74) is 2.10. The van der Waals surface area contributed by atoms with E-state index < -0.39 is 0 Å². The Kier molecular flexibility index (Phi) is 9.97. The van der Waals surface area contributed by atoms with E-state index in [2.05, 4.69) is 19.3 Å². The Morgan fingerprint density at radius 3 is 2.12 bits per heavy atom. The third-order valence-electron chi connectivity index (χ3n) is 0.833. The van der Waals surface area contributed by atoms with E-state index in [9.17, 15) is 0 Å². The maximum Gasteiger partial charge on any atom is 0.0209 e. The Morgan fingerprint density at radius 1 is 1.50 bits per heavy atom. The van der Waals surface area contributed by atoms with Crippen molar-refractivity contribution in [3.63, 3.8) is 0 Å². The summed E-state index contributed by atoms with van der Waals surface area (Å²) < 4.78 is 0. The SMILES string of the molecule is CC(C)CCNO.Cl. The summed E-state index contributed by atoms with van der Waals surface area (Å²) in [5.74, 6) is 0.680. The molecule has 0 atom stereocenters. The first-order chi connectivity index (χ1) is 3.27. The molecule has 3 heteroatoms. The molecule has 0 fully saturated rings. The molecule has 0 aromatic rings. The van der Waals surface area contributed by atoms with Gasteiger partial charge in [-0.05, 0) is 12.3 Å². The van der Waals surface area contributed by atoms with Crippen LogP contribution in [0.15, 0.2) is 0 Å². The van der Waals surface area contributed by atoms with Gasteiger partial charge in [0.2, 0.25) is 0 Å². The largest absolute Gasteiger partial charge is 0.317 e. The van der Waals surface area contributed by atoms with Gasteiger partial charge in [0.1, 0.15) is 0 Å². The Morgan fingerprint density at radius 2 is 2.00 bits per heavy atom. The summed E-state index contributed by atoms with van der Waals surface area (Å²) in [4.78, 5) is 0. The lowest BCUT2D eigenvalue weighted by molar-refractivity contribution is 0.161. The molecule has 0 aromatic carbocycles. The minimum atomic E-state index is 0. The summed E-state index contributed by atoms with van der Waals surface area (Å²) in [5, 5.41) is 8.07. The maximum atomic E-state index is 8.07. The molecule has 0 radical (unpaired) electrons. The van der Waals surface area contributed by atoms with Crippen LogP contribution >= 0.6 is 12.4 Å². The van der Waals surface area contributed by atoms with Crippen LogP contribution in [0, 0.1) is 5.92 Å². The van der Waals surface area contributed by atoms with Crippen LogP contribution in [0.1, 0.15) is 20.3 Å². The lowest BCUT2D eigenvalue weighted by Gasteiger charge is -1.99. The second-order valence-electron chi connectivity index (χ2n) is 2.09. The molecule has 0 aliphatic rings. The standard InChI is InChI=1S/C5H13NO.ClH/c1-5(2)3-4-6-7;/h5-7H,3-4H2,1-2H3;1H. The first-order valence-electron chi connectivity index (χ1n) is 2.64. The van der Waals surface area contributed by atoms with Crippen molar-refractivity contribution in [3.8, 4) is 0 Å². The Labute approximate surface area is 56.7 Å². The summed E-state index contributed by atoms with van der Waals surface area (Å²) in [6.07, 6.45) is 1.04. The van der Waals surface area contributed by atoms with Gasteiger partial charge in [0, 0.05) is 6.54 Å². The van der Waals surface area contributed by atoms with Crippen LogP contribution in [0.2, 0.25) is 0 Å². The molecule has 0 aromatic heterocycles. The molecule has 2 N–H and O–H groups in total. The molecule has 0 unspecified atom stereocenters. The van der Waals surface area contributed by atoms with Crippen molar-refractivity contribution in [2.45, 2.75) is 20.3 Å². The van der Waals surface area contributed by atoms with E-state index in [0.29, 0.717) is 12.5 Å². The van der Waals surface area contributed by atoms with Gasteiger partial charge in [-0.2, -0.15) is 0 Å². The molecule has 0 amide bonds. The van der Waals surface area contributed by atoms with Gasteiger partial charge in [0.15, 0.2) is 0 Å². The third kappa shape index (κ3) is 9.51. The number of hydrogen-bond donors (Lipinski definition) is 2. The van der Waals surface area contributed by atoms with Crippen LogP contribution in [0.4, 0.5) is 0 Å². The highest BCUT2D eigenvalue weighted by Crippen LogP contribution is 1.94. The van der Waals surface area contributed by atoms with E-state index in [1.807, 2.05) is 0 Å². The quantitative estimate of drug-likeness (QED) is 0.580. The summed E-state index contributed by atoms with van der Waals surface area (Å²) >= 11 is 0. The zero-order valence-corrected chi connectivity index (χ0v) is 6.16. The molecule has 0 aliphatic carbocycles. The second-order valence-corrected chi connectivity index (χ2v) is 2.09. The smallest absolute Gasteiger partial charge is 0.0209 e. The highest BCUT2D eigenvalue weighted by atomic mass is 35.5. The van der Waals surface area contributed by atoms with Gasteiger partial charge in [-0.15, -0.1) is 12.4 Å². The predicted molar refractivity (Wildman–Crippen MR) is 36.5 cm³/mol. The van der Waals surface area contributed by atoms with E-state index in [1.165, 1.54) is 0 Å². The van der Waals surface area contributed by atoms with Gasteiger partial charge in [-0.3, -0.25) is 0 Å². The number of nitrogens with one attached hydrogen (secondary N) is 1. The first kappa shape index (κ1) is 11.1. The van der Waals surface area contributed by atoms with Gasteiger partial charge in [-0.1, -0.05) is 13.8 Å².